The molecule has 2 amide bonds. The lowest BCUT2D eigenvalue weighted by Gasteiger charge is -2.33. The van der Waals surface area contributed by atoms with Crippen LogP contribution in [0.1, 0.15) is 47.7 Å². The third kappa shape index (κ3) is 3.91. The standard InChI is InChI=1S/C24H20F4N4O2S/c1-13-7-8-23(11-13)21(34)31(15-4-3-14(12-29)18(9-15)24(26,27)28)22(35)32(23)16-5-6-17(19(25)10-16)20(33)30-2/h3-6,9-10,13H,7-8,11H2,1-2H3,(H,30,33)/t13-,23?/m1/s1. The Kier molecular flexibility index (Phi) is 6.05. The van der Waals surface area contributed by atoms with Gasteiger partial charge in [-0.3, -0.25) is 14.5 Å². The fourth-order valence-electron chi connectivity index (χ4n) is 4.89. The average Bonchev–Trinajstić information content (AvgIpc) is 3.29. The molecule has 35 heavy (non-hydrogen) atoms. The molecule has 1 saturated heterocycles. The Labute approximate surface area is 204 Å². The van der Waals surface area contributed by atoms with E-state index >= 15 is 0 Å². The van der Waals surface area contributed by atoms with Crippen LogP contribution >= 0.6 is 12.2 Å². The summed E-state index contributed by atoms with van der Waals surface area (Å²) in [6.45, 7) is 1.95. The van der Waals surface area contributed by atoms with Crippen LogP contribution < -0.4 is 15.1 Å². The van der Waals surface area contributed by atoms with Crippen LogP contribution in [0.3, 0.4) is 0 Å². The lowest BCUT2D eigenvalue weighted by Crippen LogP contribution is -2.48. The lowest BCUT2D eigenvalue weighted by molar-refractivity contribution is -0.137. The summed E-state index contributed by atoms with van der Waals surface area (Å²) in [6, 6.07) is 8.31. The number of hydrogen-bond acceptors (Lipinski definition) is 4. The van der Waals surface area contributed by atoms with Gasteiger partial charge in [0.05, 0.1) is 28.4 Å². The minimum absolute atomic E-state index is 0.103. The highest BCUT2D eigenvalue weighted by molar-refractivity contribution is 7.81. The quantitative estimate of drug-likeness (QED) is 0.481. The molecule has 0 aromatic heterocycles. The summed E-state index contributed by atoms with van der Waals surface area (Å²) in [4.78, 5) is 28.2. The van der Waals surface area contributed by atoms with Gasteiger partial charge in [0, 0.05) is 12.7 Å². The smallest absolute Gasteiger partial charge is 0.355 e. The largest absolute Gasteiger partial charge is 0.417 e. The van der Waals surface area contributed by atoms with Gasteiger partial charge in [0.2, 0.25) is 0 Å². The van der Waals surface area contributed by atoms with Crippen molar-refractivity contribution >= 4 is 40.5 Å². The zero-order valence-electron chi connectivity index (χ0n) is 18.7. The summed E-state index contributed by atoms with van der Waals surface area (Å²) in [5, 5.41) is 11.3. The first kappa shape index (κ1) is 24.6. The molecule has 1 heterocycles. The van der Waals surface area contributed by atoms with Crippen LogP contribution in [0.5, 0.6) is 0 Å². The van der Waals surface area contributed by atoms with Crippen molar-refractivity contribution in [3.63, 3.8) is 0 Å². The topological polar surface area (TPSA) is 76.4 Å². The second-order valence-corrected chi connectivity index (χ2v) is 9.09. The van der Waals surface area contributed by atoms with E-state index in [1.54, 1.807) is 0 Å². The number of anilines is 2. The van der Waals surface area contributed by atoms with E-state index in [0.717, 1.165) is 23.1 Å². The molecule has 2 aliphatic rings. The highest BCUT2D eigenvalue weighted by atomic mass is 32.1. The van der Waals surface area contributed by atoms with Crippen LogP contribution in [0.25, 0.3) is 0 Å². The maximum atomic E-state index is 14.8. The number of halogens is 4. The number of nitrogens with one attached hydrogen (secondary N) is 1. The molecule has 4 rings (SSSR count). The predicted molar refractivity (Wildman–Crippen MR) is 124 cm³/mol. The van der Waals surface area contributed by atoms with Crippen molar-refractivity contribution in [2.75, 3.05) is 16.8 Å². The molecule has 182 valence electrons. The minimum atomic E-state index is -4.82. The van der Waals surface area contributed by atoms with E-state index in [1.807, 2.05) is 6.92 Å². The third-order valence-electron chi connectivity index (χ3n) is 6.52. The molecule has 11 heteroatoms. The number of hydrogen-bond donors (Lipinski definition) is 1. The molecule has 0 radical (unpaired) electrons. The van der Waals surface area contributed by atoms with E-state index in [9.17, 15) is 27.2 Å². The van der Waals surface area contributed by atoms with Crippen molar-refractivity contribution in [3.05, 3.63) is 58.9 Å². The summed E-state index contributed by atoms with van der Waals surface area (Å²) in [7, 11) is 1.36. The molecule has 6 nitrogen and oxygen atoms in total. The van der Waals surface area contributed by atoms with Crippen molar-refractivity contribution in [1.29, 1.82) is 5.26 Å². The number of carbonyl (C=O) groups is 2. The van der Waals surface area contributed by atoms with Crippen LogP contribution in [-0.4, -0.2) is 29.5 Å². The maximum absolute atomic E-state index is 14.8. The molecule has 2 atom stereocenters. The van der Waals surface area contributed by atoms with Gasteiger partial charge in [-0.1, -0.05) is 6.92 Å². The van der Waals surface area contributed by atoms with Gasteiger partial charge in [-0.05, 0) is 73.8 Å². The van der Waals surface area contributed by atoms with Gasteiger partial charge < -0.3 is 10.2 Å². The van der Waals surface area contributed by atoms with Crippen molar-refractivity contribution in [1.82, 2.24) is 5.32 Å². The fraction of sp³-hybridized carbons (Fsp3) is 0.333. The van der Waals surface area contributed by atoms with Gasteiger partial charge in [-0.2, -0.15) is 18.4 Å². The average molecular weight is 505 g/mol. The molecule has 2 aromatic rings. The molecule has 1 saturated carbocycles. The van der Waals surface area contributed by atoms with Crippen molar-refractivity contribution < 1.29 is 27.2 Å². The summed E-state index contributed by atoms with van der Waals surface area (Å²) < 4.78 is 55.6. The van der Waals surface area contributed by atoms with Crippen molar-refractivity contribution in [2.45, 2.75) is 37.9 Å². The zero-order chi connectivity index (χ0) is 25.7. The molecule has 1 unspecified atom stereocenters. The number of nitriles is 1. The van der Waals surface area contributed by atoms with Crippen LogP contribution in [-0.2, 0) is 11.0 Å². The van der Waals surface area contributed by atoms with Crippen LogP contribution in [0.15, 0.2) is 36.4 Å². The first-order chi connectivity index (χ1) is 16.4. The van der Waals surface area contributed by atoms with Crippen LogP contribution in [0, 0.1) is 23.1 Å². The summed E-state index contributed by atoms with van der Waals surface area (Å²) in [5.74, 6) is -1.85. The minimum Gasteiger partial charge on any atom is -0.355 e. The number of alkyl halides is 3. The van der Waals surface area contributed by atoms with Gasteiger partial charge in [0.15, 0.2) is 5.11 Å². The number of nitrogens with zero attached hydrogens (tertiary/aromatic N) is 3. The molecule has 1 aliphatic carbocycles. The first-order valence-corrected chi connectivity index (χ1v) is 11.2. The van der Waals surface area contributed by atoms with E-state index in [4.69, 9.17) is 17.5 Å². The van der Waals surface area contributed by atoms with Gasteiger partial charge in [0.25, 0.3) is 11.8 Å². The molecular weight excluding hydrogens is 484 g/mol. The number of carbonyl (C=O) groups excluding carboxylic acids is 2. The summed E-state index contributed by atoms with van der Waals surface area (Å²) in [5.41, 5.74) is -3.07. The second kappa shape index (κ2) is 8.61. The Morgan fingerprint density at radius 3 is 2.46 bits per heavy atom. The number of benzene rings is 2. The maximum Gasteiger partial charge on any atom is 0.417 e. The van der Waals surface area contributed by atoms with E-state index in [-0.39, 0.29) is 28.0 Å². The molecular formula is C24H20F4N4O2S. The van der Waals surface area contributed by atoms with Crippen molar-refractivity contribution in [3.8, 4) is 6.07 Å². The monoisotopic (exact) mass is 504 g/mol. The zero-order valence-corrected chi connectivity index (χ0v) is 19.6. The second-order valence-electron chi connectivity index (χ2n) is 8.72. The van der Waals surface area contributed by atoms with E-state index in [1.165, 1.54) is 36.2 Å². The Balaban J connectivity index is 1.85. The normalized spacial score (nSPS) is 22.1. The van der Waals surface area contributed by atoms with Crippen molar-refractivity contribution in [2.24, 2.45) is 5.92 Å². The Morgan fingerprint density at radius 1 is 1.23 bits per heavy atom. The molecule has 2 aromatic carbocycles. The Morgan fingerprint density at radius 2 is 1.91 bits per heavy atom. The molecule has 1 spiro atoms. The molecule has 0 bridgehead atoms. The Hall–Kier alpha value is -3.52. The molecule has 2 fully saturated rings. The van der Waals surface area contributed by atoms with Gasteiger partial charge >= 0.3 is 6.18 Å². The fourth-order valence-corrected chi connectivity index (χ4v) is 5.36. The molecule has 1 N–H and O–H groups in total. The van der Waals surface area contributed by atoms with Crippen LogP contribution in [0.4, 0.5) is 28.9 Å². The third-order valence-corrected chi connectivity index (χ3v) is 6.88. The van der Waals surface area contributed by atoms with Gasteiger partial charge in [-0.15, -0.1) is 0 Å². The summed E-state index contributed by atoms with van der Waals surface area (Å²) >= 11 is 5.58. The number of thiocarbonyl (C=S) groups is 1. The first-order valence-electron chi connectivity index (χ1n) is 10.8. The number of amides is 2. The van der Waals surface area contributed by atoms with Gasteiger partial charge in [0.1, 0.15) is 11.4 Å². The highest BCUT2D eigenvalue weighted by Crippen LogP contribution is 2.48. The van der Waals surface area contributed by atoms with E-state index in [2.05, 4.69) is 5.32 Å². The Bertz CT molecular complexity index is 1290. The van der Waals surface area contributed by atoms with E-state index < -0.39 is 40.5 Å². The highest BCUT2D eigenvalue weighted by Gasteiger charge is 2.59. The van der Waals surface area contributed by atoms with E-state index in [0.29, 0.717) is 19.3 Å². The number of rotatable bonds is 3. The SMILES string of the molecule is CNC(=O)c1ccc(N2C(=S)N(c3ccc(C#N)c(C(F)(F)F)c3)C(=O)C23CC[C@@H](C)C3)cc1F. The molecule has 1 aliphatic heterocycles. The lowest BCUT2D eigenvalue weighted by atomic mass is 9.93. The van der Waals surface area contributed by atoms with Crippen LogP contribution in [0.2, 0.25) is 0 Å². The predicted octanol–water partition coefficient (Wildman–Crippen LogP) is 4.77. The van der Waals surface area contributed by atoms with Gasteiger partial charge in [-0.25, -0.2) is 4.39 Å². The summed E-state index contributed by atoms with van der Waals surface area (Å²) in [6.07, 6.45) is -3.42.